The Morgan fingerprint density at radius 2 is 1.30 bits per heavy atom. The van der Waals surface area contributed by atoms with Crippen molar-refractivity contribution < 1.29 is 80.2 Å². The average Bonchev–Trinajstić information content (AvgIpc) is 3.68. The van der Waals surface area contributed by atoms with E-state index in [1.807, 2.05) is 0 Å². The van der Waals surface area contributed by atoms with Crippen LogP contribution in [0.15, 0.2) is 0 Å². The largest absolute Gasteiger partial charge is 0.394 e. The van der Waals surface area contributed by atoms with Gasteiger partial charge in [0.25, 0.3) is 0 Å². The number of hydrogen-bond acceptors (Lipinski definition) is 16. The van der Waals surface area contributed by atoms with Crippen molar-refractivity contribution in [1.82, 2.24) is 0 Å². The minimum absolute atomic E-state index is 0.00196. The fourth-order valence-corrected chi connectivity index (χ4v) is 13.0. The molecule has 0 radical (unpaired) electrons. The zero-order valence-corrected chi connectivity index (χ0v) is 34.1. The molecule has 23 atom stereocenters. The molecule has 0 aromatic heterocycles. The van der Waals surface area contributed by atoms with Crippen molar-refractivity contribution in [1.29, 1.82) is 0 Å². The number of aliphatic hydroxyl groups is 12. The van der Waals surface area contributed by atoms with Crippen LogP contribution in [0.5, 0.6) is 0 Å². The predicted octanol–water partition coefficient (Wildman–Crippen LogP) is -1.25. The van der Waals surface area contributed by atoms with Crippen LogP contribution < -0.4 is 0 Å². The second kappa shape index (κ2) is 17.6. The summed E-state index contributed by atoms with van der Waals surface area (Å²) in [7, 11) is 0. The molecule has 2 saturated heterocycles. The van der Waals surface area contributed by atoms with Gasteiger partial charge in [-0.05, 0) is 91.3 Å². The van der Waals surface area contributed by atoms with Crippen molar-refractivity contribution in [3.63, 3.8) is 0 Å². The maximum absolute atomic E-state index is 12.6. The Balaban J connectivity index is 1.01. The van der Waals surface area contributed by atoms with E-state index in [0.29, 0.717) is 25.7 Å². The highest BCUT2D eigenvalue weighted by Gasteiger charge is 2.72. The van der Waals surface area contributed by atoms with Crippen molar-refractivity contribution in [3.05, 3.63) is 0 Å². The molecule has 6 aliphatic rings. The molecule has 16 nitrogen and oxygen atoms in total. The Bertz CT molecular complexity index is 1330. The second-order valence-corrected chi connectivity index (χ2v) is 19.7. The molecule has 16 heteroatoms. The van der Waals surface area contributed by atoms with Gasteiger partial charge in [-0.15, -0.1) is 0 Å². The number of ether oxygens (including phenoxy) is 4. The van der Waals surface area contributed by atoms with Crippen molar-refractivity contribution in [2.24, 2.45) is 52.3 Å². The van der Waals surface area contributed by atoms with Crippen LogP contribution in [-0.2, 0) is 18.9 Å². The highest BCUT2D eigenvalue weighted by Crippen LogP contribution is 2.70. The molecule has 2 aliphatic heterocycles. The summed E-state index contributed by atoms with van der Waals surface area (Å²) >= 11 is 0. The molecule has 0 bridgehead atoms. The van der Waals surface area contributed by atoms with E-state index in [1.165, 1.54) is 0 Å². The maximum Gasteiger partial charge on any atom is 0.186 e. The average molecular weight is 821 g/mol. The van der Waals surface area contributed by atoms with E-state index in [-0.39, 0.29) is 54.0 Å². The van der Waals surface area contributed by atoms with Crippen LogP contribution in [0.25, 0.3) is 0 Å². The smallest absolute Gasteiger partial charge is 0.186 e. The first-order valence-corrected chi connectivity index (χ1v) is 21.4. The highest BCUT2D eigenvalue weighted by atomic mass is 16.7. The Morgan fingerprint density at radius 1 is 0.702 bits per heavy atom. The van der Waals surface area contributed by atoms with Gasteiger partial charge in [-0.25, -0.2) is 0 Å². The lowest BCUT2D eigenvalue weighted by Gasteiger charge is -2.65. The van der Waals surface area contributed by atoms with E-state index in [2.05, 4.69) is 34.6 Å². The quantitative estimate of drug-likeness (QED) is 0.0920. The molecule has 0 aromatic carbocycles. The van der Waals surface area contributed by atoms with Crippen LogP contribution in [0.2, 0.25) is 0 Å². The lowest BCUT2D eigenvalue weighted by Crippen LogP contribution is -2.68. The molecule has 332 valence electrons. The fourth-order valence-electron chi connectivity index (χ4n) is 13.0. The third-order valence-electron chi connectivity index (χ3n) is 16.0. The topological polar surface area (TPSA) is 280 Å². The van der Waals surface area contributed by atoms with Gasteiger partial charge in [0.15, 0.2) is 12.6 Å². The number of aliphatic hydroxyl groups excluding tert-OH is 11. The molecule has 0 aromatic rings. The van der Waals surface area contributed by atoms with Gasteiger partial charge in [0.1, 0.15) is 48.8 Å². The van der Waals surface area contributed by atoms with E-state index < -0.39 is 116 Å². The molecule has 0 unspecified atom stereocenters. The molecule has 57 heavy (non-hydrogen) atoms. The van der Waals surface area contributed by atoms with Crippen LogP contribution in [0.3, 0.4) is 0 Å². The number of hydrogen-bond donors (Lipinski definition) is 12. The van der Waals surface area contributed by atoms with Crippen LogP contribution in [0.4, 0.5) is 0 Å². The Kier molecular flexibility index (Phi) is 14.2. The fraction of sp³-hybridized carbons (Fsp3) is 1.00. The van der Waals surface area contributed by atoms with Gasteiger partial charge < -0.3 is 80.2 Å². The molecule has 2 heterocycles. The zero-order valence-electron chi connectivity index (χ0n) is 34.1. The standard InChI is InChI=1S/C41H72O16/c1-18(2)20(10-13-54-37-32(51)30(49)35(57-37)25(46)17-55-38-33(52)29(48)34(56-38)24(45)16-42)7-6-19(3)27-28(47)31(50)36-40(27,5)12-9-26-39(4)11-8-21(43)14-22(39)23(44)15-41(26,36)53/h18-38,42-53H,6-17H2,1-5H3/t19-,20-,21+,22-,23+,24+,25+,26-,27+,28-,29-,30-,31-,32-,33-,34+,35+,36-,37-,38-,39+,40-,41+/m1/s1. The van der Waals surface area contributed by atoms with Gasteiger partial charge in [0, 0.05) is 12.3 Å². The summed E-state index contributed by atoms with van der Waals surface area (Å²) in [5.74, 6) is -0.735. The third kappa shape index (κ3) is 8.23. The Morgan fingerprint density at radius 3 is 1.91 bits per heavy atom. The molecule has 12 N–H and O–H groups in total. The minimum Gasteiger partial charge on any atom is -0.394 e. The van der Waals surface area contributed by atoms with Gasteiger partial charge >= 0.3 is 0 Å². The summed E-state index contributed by atoms with van der Waals surface area (Å²) in [5, 5.41) is 129. The Labute approximate surface area is 335 Å². The zero-order chi connectivity index (χ0) is 41.9. The maximum atomic E-state index is 12.6. The molecule has 6 fully saturated rings. The van der Waals surface area contributed by atoms with Crippen molar-refractivity contribution >= 4 is 0 Å². The van der Waals surface area contributed by atoms with E-state index >= 15 is 0 Å². The van der Waals surface area contributed by atoms with E-state index in [1.54, 1.807) is 0 Å². The van der Waals surface area contributed by atoms with E-state index in [0.717, 1.165) is 25.7 Å². The third-order valence-corrected chi connectivity index (χ3v) is 16.0. The lowest BCUT2D eigenvalue weighted by molar-refractivity contribution is -0.264. The highest BCUT2D eigenvalue weighted by molar-refractivity contribution is 5.21. The summed E-state index contributed by atoms with van der Waals surface area (Å²) in [6.07, 6.45) is -12.3. The lowest BCUT2D eigenvalue weighted by atomic mass is 9.42. The number of fused-ring (bicyclic) bond motifs is 5. The number of rotatable bonds is 15. The first-order chi connectivity index (χ1) is 26.7. The molecular formula is C41H72O16. The Hall–Kier alpha value is -0.640. The van der Waals surface area contributed by atoms with Gasteiger partial charge in [0.05, 0.1) is 49.8 Å². The monoisotopic (exact) mass is 820 g/mol. The van der Waals surface area contributed by atoms with Crippen LogP contribution in [0.1, 0.15) is 92.4 Å². The summed E-state index contributed by atoms with van der Waals surface area (Å²) in [6, 6.07) is 0. The summed E-state index contributed by atoms with van der Waals surface area (Å²) in [4.78, 5) is 0. The minimum atomic E-state index is -1.57. The van der Waals surface area contributed by atoms with Crippen LogP contribution >= 0.6 is 0 Å². The summed E-state index contributed by atoms with van der Waals surface area (Å²) in [5.41, 5.74) is -2.28. The summed E-state index contributed by atoms with van der Waals surface area (Å²) in [6.45, 7) is 9.49. The van der Waals surface area contributed by atoms with Crippen LogP contribution in [-0.4, -0.2) is 173 Å². The van der Waals surface area contributed by atoms with E-state index in [9.17, 15) is 56.2 Å². The van der Waals surface area contributed by atoms with Gasteiger partial charge in [0.2, 0.25) is 0 Å². The molecule has 0 spiro atoms. The SMILES string of the molecule is CC(C)[C@@H](CCO[C@@H]1O[C@@H]([C@@H](O)CO[C@@H]2O[C@@H]([C@@H](O)CO)[C@H](O)[C@H]2O)[C@H](O)[C@H]1O)CC[C@@H](C)[C@H]1[C@@H](O)[C@@H](O)[C@@H]2[C@]1(C)CC[C@@H]1[C@@]3(C)CC[C@H](O)C[C@@H]3[C@@H](O)C[C@]12O. The van der Waals surface area contributed by atoms with Gasteiger partial charge in [-0.3, -0.25) is 0 Å². The molecule has 0 amide bonds. The van der Waals surface area contributed by atoms with Crippen molar-refractivity contribution in [2.45, 2.75) is 184 Å². The molecular weight excluding hydrogens is 748 g/mol. The van der Waals surface area contributed by atoms with Crippen molar-refractivity contribution in [2.75, 3.05) is 19.8 Å². The van der Waals surface area contributed by atoms with Gasteiger partial charge in [-0.2, -0.15) is 0 Å². The normalized spacial score (nSPS) is 50.6. The first-order valence-electron chi connectivity index (χ1n) is 21.4. The molecule has 4 aliphatic carbocycles. The first kappa shape index (κ1) is 45.9. The van der Waals surface area contributed by atoms with Gasteiger partial charge in [-0.1, -0.05) is 41.0 Å². The molecule has 4 saturated carbocycles. The predicted molar refractivity (Wildman–Crippen MR) is 201 cm³/mol. The second-order valence-electron chi connectivity index (χ2n) is 19.7. The summed E-state index contributed by atoms with van der Waals surface area (Å²) < 4.78 is 22.3. The molecule has 6 rings (SSSR count). The van der Waals surface area contributed by atoms with Crippen LogP contribution in [0, 0.1) is 52.3 Å². The van der Waals surface area contributed by atoms with Crippen molar-refractivity contribution in [3.8, 4) is 0 Å². The van der Waals surface area contributed by atoms with E-state index in [4.69, 9.17) is 24.1 Å².